The topological polar surface area (TPSA) is 59.9 Å². The molecule has 4 nitrogen and oxygen atoms in total. The van der Waals surface area contributed by atoms with E-state index < -0.39 is 0 Å². The highest BCUT2D eigenvalue weighted by Crippen LogP contribution is 2.39. The molecule has 0 aromatic carbocycles. The maximum absolute atomic E-state index is 12.7. The predicted molar refractivity (Wildman–Crippen MR) is 108 cm³/mol. The standard InChI is InChI=1S/C20H16N2O2S2/c23-17(3-1-15-5-9-21-10-6-15)19(20-25-13-14-26-20)18(24)4-2-16-7-11-22-12-8-16/h1-12H,13-14H2/b3-1+,4-2+. The maximum Gasteiger partial charge on any atom is 0.191 e. The van der Waals surface area contributed by atoms with E-state index in [4.69, 9.17) is 0 Å². The molecule has 0 aliphatic carbocycles. The van der Waals surface area contributed by atoms with E-state index in [1.54, 1.807) is 84.7 Å². The number of carbonyl (C=O) groups excluding carboxylic acids is 2. The molecule has 0 atom stereocenters. The second-order valence-corrected chi connectivity index (χ2v) is 7.78. The Balaban J connectivity index is 1.83. The minimum absolute atomic E-state index is 0.244. The van der Waals surface area contributed by atoms with Gasteiger partial charge in [0, 0.05) is 36.3 Å². The summed E-state index contributed by atoms with van der Waals surface area (Å²) in [6.07, 6.45) is 13.0. The highest BCUT2D eigenvalue weighted by molar-refractivity contribution is 8.25. The van der Waals surface area contributed by atoms with Crippen molar-refractivity contribution in [3.8, 4) is 0 Å². The quantitative estimate of drug-likeness (QED) is 0.428. The Morgan fingerprint density at radius 2 is 1.19 bits per heavy atom. The van der Waals surface area contributed by atoms with Crippen LogP contribution in [0.5, 0.6) is 0 Å². The molecule has 0 bridgehead atoms. The van der Waals surface area contributed by atoms with Gasteiger partial charge >= 0.3 is 0 Å². The van der Waals surface area contributed by atoms with Crippen LogP contribution >= 0.6 is 23.5 Å². The fourth-order valence-corrected chi connectivity index (χ4v) is 4.80. The summed E-state index contributed by atoms with van der Waals surface area (Å²) >= 11 is 3.13. The fourth-order valence-electron chi connectivity index (χ4n) is 2.24. The molecule has 0 radical (unpaired) electrons. The maximum atomic E-state index is 12.7. The first-order valence-corrected chi connectivity index (χ1v) is 9.96. The lowest BCUT2D eigenvalue weighted by atomic mass is 10.1. The van der Waals surface area contributed by atoms with Gasteiger partial charge in [-0.1, -0.05) is 12.2 Å². The van der Waals surface area contributed by atoms with Crippen molar-refractivity contribution in [2.75, 3.05) is 11.5 Å². The SMILES string of the molecule is O=C(/C=C/c1ccncc1)C(C(=O)/C=C/c1ccncc1)=C1SCCS1. The minimum atomic E-state index is -0.275. The summed E-state index contributed by atoms with van der Waals surface area (Å²) < 4.78 is 0.804. The van der Waals surface area contributed by atoms with Crippen molar-refractivity contribution in [2.24, 2.45) is 0 Å². The Hall–Kier alpha value is -2.44. The van der Waals surface area contributed by atoms with Gasteiger partial charge in [0.1, 0.15) is 0 Å². The van der Waals surface area contributed by atoms with Crippen LogP contribution < -0.4 is 0 Å². The molecule has 0 N–H and O–H groups in total. The number of ketones is 2. The van der Waals surface area contributed by atoms with E-state index in [0.717, 1.165) is 26.9 Å². The van der Waals surface area contributed by atoms with E-state index in [1.165, 1.54) is 12.2 Å². The summed E-state index contributed by atoms with van der Waals surface area (Å²) in [5.74, 6) is 1.27. The number of allylic oxidation sites excluding steroid dienone is 3. The number of thioether (sulfide) groups is 2. The molecule has 1 saturated heterocycles. The van der Waals surface area contributed by atoms with Gasteiger partial charge in [-0.05, 0) is 47.5 Å². The van der Waals surface area contributed by atoms with Gasteiger partial charge < -0.3 is 0 Å². The van der Waals surface area contributed by atoms with Crippen LogP contribution in [0.3, 0.4) is 0 Å². The van der Waals surface area contributed by atoms with Crippen molar-refractivity contribution in [3.63, 3.8) is 0 Å². The van der Waals surface area contributed by atoms with Crippen LogP contribution in [0.4, 0.5) is 0 Å². The molecule has 0 saturated carbocycles. The van der Waals surface area contributed by atoms with E-state index in [-0.39, 0.29) is 17.1 Å². The zero-order valence-corrected chi connectivity index (χ0v) is 15.5. The van der Waals surface area contributed by atoms with Crippen molar-refractivity contribution >= 4 is 47.2 Å². The van der Waals surface area contributed by atoms with Crippen molar-refractivity contribution in [1.29, 1.82) is 0 Å². The van der Waals surface area contributed by atoms with Crippen molar-refractivity contribution in [3.05, 3.63) is 82.1 Å². The molecule has 0 amide bonds. The van der Waals surface area contributed by atoms with Gasteiger partial charge in [0.05, 0.1) is 9.81 Å². The molecule has 3 rings (SSSR count). The first-order chi connectivity index (χ1) is 12.7. The second-order valence-electron chi connectivity index (χ2n) is 5.32. The molecule has 2 aromatic rings. The second kappa shape index (κ2) is 9.31. The molecule has 1 aliphatic heterocycles. The Morgan fingerprint density at radius 3 is 1.62 bits per heavy atom. The van der Waals surface area contributed by atoms with Crippen molar-refractivity contribution in [1.82, 2.24) is 9.97 Å². The van der Waals surface area contributed by atoms with Crippen LogP contribution in [-0.4, -0.2) is 33.0 Å². The first kappa shape index (κ1) is 18.4. The zero-order valence-electron chi connectivity index (χ0n) is 13.9. The third-order valence-electron chi connectivity index (χ3n) is 3.51. The average Bonchev–Trinajstić information content (AvgIpc) is 3.21. The molecule has 1 aliphatic rings. The van der Waals surface area contributed by atoms with Crippen LogP contribution in [-0.2, 0) is 9.59 Å². The van der Waals surface area contributed by atoms with Crippen LogP contribution in [0.1, 0.15) is 11.1 Å². The smallest absolute Gasteiger partial charge is 0.191 e. The number of nitrogens with zero attached hydrogens (tertiary/aromatic N) is 2. The third kappa shape index (κ3) is 5.03. The van der Waals surface area contributed by atoms with Crippen LogP contribution in [0, 0.1) is 0 Å². The van der Waals surface area contributed by atoms with E-state index in [1.807, 2.05) is 0 Å². The van der Waals surface area contributed by atoms with E-state index in [9.17, 15) is 9.59 Å². The average molecular weight is 380 g/mol. The van der Waals surface area contributed by atoms with Gasteiger partial charge in [0.15, 0.2) is 11.6 Å². The summed E-state index contributed by atoms with van der Waals surface area (Å²) in [5.41, 5.74) is 1.97. The van der Waals surface area contributed by atoms with Crippen LogP contribution in [0.15, 0.2) is 71.0 Å². The first-order valence-electron chi connectivity index (χ1n) is 7.99. The van der Waals surface area contributed by atoms with Crippen molar-refractivity contribution in [2.45, 2.75) is 0 Å². The Labute approximate surface area is 160 Å². The number of rotatable bonds is 6. The Kier molecular flexibility index (Phi) is 6.57. The normalized spacial score (nSPS) is 14.2. The van der Waals surface area contributed by atoms with Crippen LogP contribution in [0.25, 0.3) is 12.2 Å². The number of pyridine rings is 2. The summed E-state index contributed by atoms with van der Waals surface area (Å²) in [6, 6.07) is 7.23. The van der Waals surface area contributed by atoms with Crippen molar-refractivity contribution < 1.29 is 9.59 Å². The lowest BCUT2D eigenvalue weighted by molar-refractivity contribution is -0.116. The predicted octanol–water partition coefficient (Wildman–Crippen LogP) is 4.03. The van der Waals surface area contributed by atoms with Crippen LogP contribution in [0.2, 0.25) is 0 Å². The van der Waals surface area contributed by atoms with Gasteiger partial charge in [0.2, 0.25) is 0 Å². The van der Waals surface area contributed by atoms with Gasteiger partial charge in [-0.2, -0.15) is 0 Å². The van der Waals surface area contributed by atoms with Gasteiger partial charge in [-0.15, -0.1) is 23.5 Å². The van der Waals surface area contributed by atoms with E-state index in [0.29, 0.717) is 0 Å². The summed E-state index contributed by atoms with van der Waals surface area (Å²) in [4.78, 5) is 33.3. The molecule has 6 heteroatoms. The monoisotopic (exact) mass is 380 g/mol. The molecule has 0 unspecified atom stereocenters. The molecule has 1 fully saturated rings. The molecule has 3 heterocycles. The largest absolute Gasteiger partial charge is 0.289 e. The minimum Gasteiger partial charge on any atom is -0.289 e. The lowest BCUT2D eigenvalue weighted by Crippen LogP contribution is -2.10. The number of aromatic nitrogens is 2. The van der Waals surface area contributed by atoms with E-state index >= 15 is 0 Å². The van der Waals surface area contributed by atoms with Gasteiger partial charge in [-0.3, -0.25) is 19.6 Å². The molecule has 2 aromatic heterocycles. The number of carbonyl (C=O) groups is 2. The molecule has 130 valence electrons. The highest BCUT2D eigenvalue weighted by Gasteiger charge is 2.23. The summed E-state index contributed by atoms with van der Waals surface area (Å²) in [7, 11) is 0. The zero-order chi connectivity index (χ0) is 18.2. The Bertz CT molecular complexity index is 804. The number of hydrogen-bond donors (Lipinski definition) is 0. The lowest BCUT2D eigenvalue weighted by Gasteiger charge is -2.04. The molecule has 26 heavy (non-hydrogen) atoms. The number of hydrogen-bond acceptors (Lipinski definition) is 6. The van der Waals surface area contributed by atoms with E-state index in [2.05, 4.69) is 9.97 Å². The fraction of sp³-hybridized carbons (Fsp3) is 0.100. The van der Waals surface area contributed by atoms with Gasteiger partial charge in [0.25, 0.3) is 0 Å². The molecule has 0 spiro atoms. The third-order valence-corrected chi connectivity index (χ3v) is 6.23. The Morgan fingerprint density at radius 1 is 0.769 bits per heavy atom. The molecular formula is C20H16N2O2S2. The summed E-state index contributed by atoms with van der Waals surface area (Å²) in [5, 5.41) is 0. The van der Waals surface area contributed by atoms with Gasteiger partial charge in [-0.25, -0.2) is 0 Å². The highest BCUT2D eigenvalue weighted by atomic mass is 32.2. The summed E-state index contributed by atoms with van der Waals surface area (Å²) in [6.45, 7) is 0. The molecular weight excluding hydrogens is 364 g/mol.